The Balaban J connectivity index is 1.88. The van der Waals surface area contributed by atoms with E-state index in [0.29, 0.717) is 32.3 Å². The average Bonchev–Trinajstić information content (AvgIpc) is 2.76. The zero-order valence-corrected chi connectivity index (χ0v) is 20.2. The van der Waals surface area contributed by atoms with Gasteiger partial charge in [0, 0.05) is 58.0 Å². The third-order valence-electron chi connectivity index (χ3n) is 5.45. The van der Waals surface area contributed by atoms with E-state index in [1.165, 1.54) is 5.56 Å². The molecule has 0 bridgehead atoms. The molecule has 176 valence electrons. The van der Waals surface area contributed by atoms with E-state index in [1.54, 1.807) is 0 Å². The summed E-state index contributed by atoms with van der Waals surface area (Å²) in [6.45, 7) is 18.4. The summed E-state index contributed by atoms with van der Waals surface area (Å²) in [7, 11) is 2.20. The van der Waals surface area contributed by atoms with Crippen molar-refractivity contribution in [2.75, 3.05) is 72.7 Å². The van der Waals surface area contributed by atoms with Gasteiger partial charge in [-0.3, -0.25) is 0 Å². The molecule has 1 aromatic rings. The molecule has 0 radical (unpaired) electrons. The summed E-state index contributed by atoms with van der Waals surface area (Å²) in [5, 5.41) is 6.89. The zero-order valence-electron chi connectivity index (χ0n) is 20.2. The number of likely N-dealkylation sites (N-methyl/N-ethyl adjacent to an activating group) is 1. The molecular formula is C24H43N5O2. The van der Waals surface area contributed by atoms with Crippen molar-refractivity contribution in [2.24, 2.45) is 10.9 Å². The van der Waals surface area contributed by atoms with Crippen molar-refractivity contribution in [1.82, 2.24) is 20.4 Å². The first-order valence-corrected chi connectivity index (χ1v) is 11.7. The van der Waals surface area contributed by atoms with E-state index in [4.69, 9.17) is 14.5 Å². The van der Waals surface area contributed by atoms with Crippen LogP contribution in [0.4, 0.5) is 0 Å². The third kappa shape index (κ3) is 9.89. The molecule has 2 rings (SSSR count). The van der Waals surface area contributed by atoms with Crippen LogP contribution in [0.3, 0.4) is 0 Å². The van der Waals surface area contributed by atoms with Crippen molar-refractivity contribution in [3.63, 3.8) is 0 Å². The van der Waals surface area contributed by atoms with Crippen LogP contribution in [0.2, 0.25) is 0 Å². The van der Waals surface area contributed by atoms with Gasteiger partial charge in [0.1, 0.15) is 12.4 Å². The Kier molecular flexibility index (Phi) is 11.7. The first kappa shape index (κ1) is 25.4. The number of rotatable bonds is 12. The number of piperazine rings is 1. The average molecular weight is 434 g/mol. The van der Waals surface area contributed by atoms with Crippen LogP contribution in [0.25, 0.3) is 0 Å². The van der Waals surface area contributed by atoms with Crippen LogP contribution < -0.4 is 15.4 Å². The zero-order chi connectivity index (χ0) is 22.5. The van der Waals surface area contributed by atoms with Gasteiger partial charge in [0.15, 0.2) is 5.96 Å². The number of benzene rings is 1. The second-order valence-electron chi connectivity index (χ2n) is 8.44. The van der Waals surface area contributed by atoms with E-state index in [9.17, 15) is 0 Å². The highest BCUT2D eigenvalue weighted by Crippen LogP contribution is 2.21. The number of ether oxygens (including phenoxy) is 2. The molecule has 1 heterocycles. The molecule has 7 nitrogen and oxygen atoms in total. The molecule has 1 aromatic carbocycles. The number of guanidine groups is 1. The van der Waals surface area contributed by atoms with Crippen LogP contribution in [0, 0.1) is 12.8 Å². The number of aliphatic imine (C=N–C) groups is 1. The van der Waals surface area contributed by atoms with Crippen LogP contribution in [0.5, 0.6) is 5.75 Å². The highest BCUT2D eigenvalue weighted by Gasteiger charge is 2.16. The number of nitrogens with zero attached hydrogens (tertiary/aromatic N) is 3. The summed E-state index contributed by atoms with van der Waals surface area (Å²) in [6.07, 6.45) is 0. The van der Waals surface area contributed by atoms with Crippen molar-refractivity contribution in [1.29, 1.82) is 0 Å². The van der Waals surface area contributed by atoms with Crippen LogP contribution in [-0.4, -0.2) is 88.4 Å². The second kappa shape index (κ2) is 14.3. The molecule has 7 heteroatoms. The highest BCUT2D eigenvalue weighted by atomic mass is 16.5. The molecule has 0 saturated carbocycles. The first-order valence-electron chi connectivity index (χ1n) is 11.7. The molecule has 1 aliphatic rings. The smallest absolute Gasteiger partial charge is 0.191 e. The van der Waals surface area contributed by atoms with Gasteiger partial charge in [0.25, 0.3) is 0 Å². The van der Waals surface area contributed by atoms with E-state index >= 15 is 0 Å². The van der Waals surface area contributed by atoms with Gasteiger partial charge in [-0.25, -0.2) is 4.99 Å². The van der Waals surface area contributed by atoms with Gasteiger partial charge < -0.3 is 29.9 Å². The van der Waals surface area contributed by atoms with Crippen LogP contribution in [-0.2, 0) is 11.3 Å². The van der Waals surface area contributed by atoms with Gasteiger partial charge in [-0.05, 0) is 45.4 Å². The largest absolute Gasteiger partial charge is 0.491 e. The minimum atomic E-state index is 0.552. The molecule has 0 aliphatic carbocycles. The fourth-order valence-corrected chi connectivity index (χ4v) is 3.59. The second-order valence-corrected chi connectivity index (χ2v) is 8.44. The summed E-state index contributed by atoms with van der Waals surface area (Å²) in [5.41, 5.74) is 2.27. The number of nitrogens with one attached hydrogen (secondary N) is 2. The van der Waals surface area contributed by atoms with Crippen LogP contribution in [0.1, 0.15) is 31.9 Å². The Morgan fingerprint density at radius 2 is 1.90 bits per heavy atom. The minimum absolute atomic E-state index is 0.552. The fourth-order valence-electron chi connectivity index (χ4n) is 3.59. The van der Waals surface area contributed by atoms with Crippen molar-refractivity contribution < 1.29 is 9.47 Å². The van der Waals surface area contributed by atoms with Gasteiger partial charge in [-0.1, -0.05) is 19.1 Å². The van der Waals surface area contributed by atoms with Crippen molar-refractivity contribution in [3.8, 4) is 5.75 Å². The quantitative estimate of drug-likeness (QED) is 0.300. The van der Waals surface area contributed by atoms with Crippen molar-refractivity contribution in [3.05, 3.63) is 29.3 Å². The Labute approximate surface area is 189 Å². The summed E-state index contributed by atoms with van der Waals surface area (Å²) < 4.78 is 11.3. The summed E-state index contributed by atoms with van der Waals surface area (Å²) in [6, 6.07) is 6.29. The van der Waals surface area contributed by atoms with Crippen LogP contribution >= 0.6 is 0 Å². The molecule has 0 amide bonds. The van der Waals surface area contributed by atoms with Crippen molar-refractivity contribution in [2.45, 2.75) is 34.2 Å². The lowest BCUT2D eigenvalue weighted by atomic mass is 10.1. The molecule has 0 spiro atoms. The van der Waals surface area contributed by atoms with E-state index in [2.05, 4.69) is 66.5 Å². The maximum Gasteiger partial charge on any atom is 0.191 e. The third-order valence-corrected chi connectivity index (χ3v) is 5.45. The van der Waals surface area contributed by atoms with Gasteiger partial charge in [-0.2, -0.15) is 0 Å². The maximum absolute atomic E-state index is 5.96. The molecule has 2 N–H and O–H groups in total. The predicted octanol–water partition coefficient (Wildman–Crippen LogP) is 2.35. The van der Waals surface area contributed by atoms with Crippen molar-refractivity contribution >= 4 is 5.96 Å². The first-order chi connectivity index (χ1) is 15.0. The molecule has 1 unspecified atom stereocenters. The monoisotopic (exact) mass is 433 g/mol. The Morgan fingerprint density at radius 1 is 1.13 bits per heavy atom. The minimum Gasteiger partial charge on any atom is -0.491 e. The van der Waals surface area contributed by atoms with Gasteiger partial charge >= 0.3 is 0 Å². The predicted molar refractivity (Wildman–Crippen MR) is 129 cm³/mol. The molecule has 1 saturated heterocycles. The summed E-state index contributed by atoms with van der Waals surface area (Å²) in [5.74, 6) is 2.31. The molecule has 0 aromatic heterocycles. The molecular weight excluding hydrogens is 390 g/mol. The number of hydrogen-bond acceptors (Lipinski definition) is 5. The lowest BCUT2D eigenvalue weighted by Gasteiger charge is -2.34. The lowest BCUT2D eigenvalue weighted by molar-refractivity contribution is 0.110. The van der Waals surface area contributed by atoms with Gasteiger partial charge in [0.05, 0.1) is 13.2 Å². The topological polar surface area (TPSA) is 61.4 Å². The summed E-state index contributed by atoms with van der Waals surface area (Å²) >= 11 is 0. The maximum atomic E-state index is 5.96. The molecule has 31 heavy (non-hydrogen) atoms. The number of hydrogen-bond donors (Lipinski definition) is 2. The van der Waals surface area contributed by atoms with Gasteiger partial charge in [-0.15, -0.1) is 0 Å². The number of aryl methyl sites for hydroxylation is 1. The lowest BCUT2D eigenvalue weighted by Crippen LogP contribution is -2.47. The molecule has 1 fully saturated rings. The molecule has 1 atom stereocenters. The highest BCUT2D eigenvalue weighted by molar-refractivity contribution is 5.79. The Morgan fingerprint density at radius 3 is 2.61 bits per heavy atom. The molecule has 1 aliphatic heterocycles. The Hall–Kier alpha value is -1.83. The van der Waals surface area contributed by atoms with E-state index in [0.717, 1.165) is 63.1 Å². The van der Waals surface area contributed by atoms with E-state index in [1.807, 2.05) is 6.92 Å². The van der Waals surface area contributed by atoms with Gasteiger partial charge in [0.2, 0.25) is 0 Å². The van der Waals surface area contributed by atoms with E-state index in [-0.39, 0.29) is 0 Å². The SMILES string of the molecule is CCNC(=NCc1ccc(C)cc1OCCOCC)NCC(C)CN1CCN(C)CC1. The fraction of sp³-hybridized carbons (Fsp3) is 0.708. The summed E-state index contributed by atoms with van der Waals surface area (Å²) in [4.78, 5) is 9.77. The Bertz CT molecular complexity index is 659. The van der Waals surface area contributed by atoms with E-state index < -0.39 is 0 Å². The normalized spacial score (nSPS) is 16.9. The standard InChI is InChI=1S/C24H43N5O2/c1-6-25-24(26-17-21(4)19-29-12-10-28(5)11-13-29)27-18-22-9-8-20(3)16-23(22)31-15-14-30-7-2/h8-9,16,21H,6-7,10-15,17-19H2,1-5H3,(H2,25,26,27). The van der Waals surface area contributed by atoms with Crippen LogP contribution in [0.15, 0.2) is 23.2 Å².